The van der Waals surface area contributed by atoms with Gasteiger partial charge >= 0.3 is 0 Å². The van der Waals surface area contributed by atoms with Crippen LogP contribution in [-0.2, 0) is 6.54 Å². The van der Waals surface area contributed by atoms with Crippen molar-refractivity contribution in [1.82, 2.24) is 19.4 Å². The molecule has 184 valence electrons. The van der Waals surface area contributed by atoms with Gasteiger partial charge in [-0.1, -0.05) is 6.42 Å². The summed E-state index contributed by atoms with van der Waals surface area (Å²) in [7, 11) is 1.62. The minimum Gasteiger partial charge on any atom is -0.491 e. The minimum absolute atomic E-state index is 0.339. The molecular weight excluding hydrogens is 444 g/mol. The number of rotatable bonds is 7. The summed E-state index contributed by atoms with van der Waals surface area (Å²) in [6.07, 6.45) is 6.54. The molecule has 9 nitrogen and oxygen atoms in total. The zero-order chi connectivity index (χ0) is 24.2. The molecule has 4 heterocycles. The molecule has 0 unspecified atom stereocenters. The van der Waals surface area contributed by atoms with Crippen molar-refractivity contribution < 1.29 is 14.3 Å². The number of carbonyl (C=O) groups excluding carboxylic acids is 1. The fourth-order valence-electron chi connectivity index (χ4n) is 4.86. The number of pyridine rings is 1. The fourth-order valence-corrected chi connectivity index (χ4v) is 4.86. The Hall–Kier alpha value is -3.46. The number of piperidine rings is 1. The van der Waals surface area contributed by atoms with Crippen molar-refractivity contribution in [2.24, 2.45) is 4.99 Å². The summed E-state index contributed by atoms with van der Waals surface area (Å²) in [5.74, 6) is 1.71. The molecule has 2 aliphatic rings. The van der Waals surface area contributed by atoms with Crippen molar-refractivity contribution >= 4 is 22.6 Å². The predicted molar refractivity (Wildman–Crippen MR) is 134 cm³/mol. The molecule has 5 rings (SSSR count). The molecule has 0 atom stereocenters. The average molecular weight is 477 g/mol. The van der Waals surface area contributed by atoms with Gasteiger partial charge in [-0.15, -0.1) is 0 Å². The molecule has 0 bridgehead atoms. The van der Waals surface area contributed by atoms with Gasteiger partial charge in [0.1, 0.15) is 11.3 Å². The number of fused-ring (bicyclic) bond motifs is 3. The smallest absolute Gasteiger partial charge is 0.282 e. The summed E-state index contributed by atoms with van der Waals surface area (Å²) in [5, 5.41) is 4.31. The number of hydrogen-bond acceptors (Lipinski definition) is 7. The molecule has 1 aromatic carbocycles. The first-order valence-corrected chi connectivity index (χ1v) is 12.4. The Balaban J connectivity index is 1.45. The zero-order valence-electron chi connectivity index (χ0n) is 20.4. The molecule has 0 aliphatic carbocycles. The van der Waals surface area contributed by atoms with Crippen LogP contribution in [0.15, 0.2) is 35.5 Å². The number of benzene rings is 1. The lowest BCUT2D eigenvalue weighted by Gasteiger charge is -2.26. The maximum absolute atomic E-state index is 13.0. The van der Waals surface area contributed by atoms with Crippen LogP contribution in [0.25, 0.3) is 10.9 Å². The monoisotopic (exact) mass is 476 g/mol. The quantitative estimate of drug-likeness (QED) is 0.524. The van der Waals surface area contributed by atoms with E-state index in [4.69, 9.17) is 14.5 Å². The zero-order valence-corrected chi connectivity index (χ0v) is 20.4. The van der Waals surface area contributed by atoms with Gasteiger partial charge in [-0.25, -0.2) is 4.98 Å². The van der Waals surface area contributed by atoms with Crippen LogP contribution in [0.5, 0.6) is 11.5 Å². The Morgan fingerprint density at radius 3 is 2.83 bits per heavy atom. The lowest BCUT2D eigenvalue weighted by Crippen LogP contribution is -2.31. The first-order valence-electron chi connectivity index (χ1n) is 12.4. The van der Waals surface area contributed by atoms with Crippen LogP contribution < -0.4 is 20.4 Å². The van der Waals surface area contributed by atoms with Gasteiger partial charge in [0, 0.05) is 31.2 Å². The maximum Gasteiger partial charge on any atom is 0.282 e. The molecule has 9 heteroatoms. The Morgan fingerprint density at radius 1 is 1.17 bits per heavy atom. The summed E-state index contributed by atoms with van der Waals surface area (Å²) in [6, 6.07) is 7.40. The summed E-state index contributed by atoms with van der Waals surface area (Å²) < 4.78 is 13.8. The van der Waals surface area contributed by atoms with E-state index >= 15 is 0 Å². The molecule has 0 saturated carbocycles. The molecule has 1 saturated heterocycles. The van der Waals surface area contributed by atoms with E-state index in [2.05, 4.69) is 20.2 Å². The Bertz CT molecular complexity index is 1300. The highest BCUT2D eigenvalue weighted by Crippen LogP contribution is 2.37. The number of amides is 1. The molecule has 1 fully saturated rings. The number of likely N-dealkylation sites (tertiary alicyclic amines) is 1. The maximum atomic E-state index is 13.0. The number of hydrogen-bond donors (Lipinski definition) is 1. The second kappa shape index (κ2) is 10.4. The van der Waals surface area contributed by atoms with Crippen LogP contribution in [0.1, 0.15) is 41.7 Å². The lowest BCUT2D eigenvalue weighted by molar-refractivity contribution is 0.0995. The standard InChI is InChI=1S/C26H32N6O3/c1-18-19(8-6-11-27-18)25(33)30-26-29-22-20(24-28-12-16-32(24)26)9-10-21(23(22)34-2)35-17-7-15-31-13-4-3-5-14-31/h6,8-11,28H,3-5,7,12-17H2,1-2H3. The highest BCUT2D eigenvalue weighted by atomic mass is 16.5. The first-order chi connectivity index (χ1) is 17.2. The van der Waals surface area contributed by atoms with Crippen molar-refractivity contribution in [3.63, 3.8) is 0 Å². The van der Waals surface area contributed by atoms with E-state index in [0.29, 0.717) is 47.0 Å². The van der Waals surface area contributed by atoms with Gasteiger partial charge in [0.05, 0.1) is 25.0 Å². The Morgan fingerprint density at radius 2 is 2.03 bits per heavy atom. The van der Waals surface area contributed by atoms with Crippen LogP contribution in [0, 0.1) is 6.92 Å². The van der Waals surface area contributed by atoms with Gasteiger partial charge in [-0.05, 0) is 63.5 Å². The van der Waals surface area contributed by atoms with Crippen molar-refractivity contribution in [3.8, 4) is 11.5 Å². The normalized spacial score (nSPS) is 16.2. The second-order valence-electron chi connectivity index (χ2n) is 8.99. The van der Waals surface area contributed by atoms with Crippen molar-refractivity contribution in [3.05, 3.63) is 47.3 Å². The van der Waals surface area contributed by atoms with Crippen LogP contribution >= 0.6 is 0 Å². The number of aromatic nitrogens is 3. The summed E-state index contributed by atoms with van der Waals surface area (Å²) >= 11 is 0. The van der Waals surface area contributed by atoms with Gasteiger partial charge < -0.3 is 19.7 Å². The third kappa shape index (κ3) is 4.86. The molecule has 1 amide bonds. The molecule has 0 spiro atoms. The van der Waals surface area contributed by atoms with E-state index < -0.39 is 0 Å². The molecule has 35 heavy (non-hydrogen) atoms. The predicted octanol–water partition coefficient (Wildman–Crippen LogP) is 3.17. The SMILES string of the molecule is COc1c(OCCCN2CCCCC2)ccc2c3n(c(=NC(=O)c4cccnc4C)nc12)CCN3. The summed E-state index contributed by atoms with van der Waals surface area (Å²) in [4.78, 5) is 28.8. The summed E-state index contributed by atoms with van der Waals surface area (Å²) in [6.45, 7) is 7.22. The number of carbonyl (C=O) groups is 1. The van der Waals surface area contributed by atoms with Gasteiger partial charge in [-0.2, -0.15) is 4.99 Å². The molecule has 1 N–H and O–H groups in total. The van der Waals surface area contributed by atoms with Crippen LogP contribution in [0.4, 0.5) is 5.82 Å². The first kappa shape index (κ1) is 23.3. The number of methoxy groups -OCH3 is 1. The lowest BCUT2D eigenvalue weighted by atomic mass is 10.1. The van der Waals surface area contributed by atoms with Crippen molar-refractivity contribution in [1.29, 1.82) is 0 Å². The second-order valence-corrected chi connectivity index (χ2v) is 8.99. The number of aryl methyl sites for hydroxylation is 1. The fraction of sp³-hybridized carbons (Fsp3) is 0.462. The van der Waals surface area contributed by atoms with Gasteiger partial charge in [0.15, 0.2) is 11.5 Å². The van der Waals surface area contributed by atoms with Crippen LogP contribution in [-0.4, -0.2) is 65.2 Å². The average Bonchev–Trinajstić information content (AvgIpc) is 3.38. The Kier molecular flexibility index (Phi) is 6.94. The number of nitrogens with one attached hydrogen (secondary N) is 1. The molecule has 2 aliphatic heterocycles. The molecule has 3 aromatic rings. The molecular formula is C26H32N6O3. The van der Waals surface area contributed by atoms with Crippen LogP contribution in [0.3, 0.4) is 0 Å². The third-order valence-electron chi connectivity index (χ3n) is 6.67. The Labute approximate surface area is 204 Å². The van der Waals surface area contributed by atoms with E-state index in [1.807, 2.05) is 16.7 Å². The van der Waals surface area contributed by atoms with E-state index in [0.717, 1.165) is 30.7 Å². The number of nitrogens with zero attached hydrogens (tertiary/aromatic N) is 5. The van der Waals surface area contributed by atoms with Crippen molar-refractivity contribution in [2.45, 2.75) is 39.2 Å². The van der Waals surface area contributed by atoms with Gasteiger partial charge in [0.2, 0.25) is 5.62 Å². The van der Waals surface area contributed by atoms with E-state index in [9.17, 15) is 4.79 Å². The summed E-state index contributed by atoms with van der Waals surface area (Å²) in [5.41, 5.74) is 2.06. The van der Waals surface area contributed by atoms with Gasteiger partial charge in [0.25, 0.3) is 5.91 Å². The molecule has 0 radical (unpaired) electrons. The number of anilines is 1. The largest absolute Gasteiger partial charge is 0.491 e. The highest BCUT2D eigenvalue weighted by Gasteiger charge is 2.21. The topological polar surface area (TPSA) is 93.9 Å². The van der Waals surface area contributed by atoms with Crippen LogP contribution in [0.2, 0.25) is 0 Å². The van der Waals surface area contributed by atoms with E-state index in [-0.39, 0.29) is 5.91 Å². The van der Waals surface area contributed by atoms with Crippen molar-refractivity contribution in [2.75, 3.05) is 45.2 Å². The van der Waals surface area contributed by atoms with E-state index in [1.165, 1.54) is 32.4 Å². The minimum atomic E-state index is -0.367. The van der Waals surface area contributed by atoms with Gasteiger partial charge in [-0.3, -0.25) is 14.3 Å². The molecule has 2 aromatic heterocycles. The van der Waals surface area contributed by atoms with E-state index in [1.54, 1.807) is 32.4 Å². The highest BCUT2D eigenvalue weighted by molar-refractivity contribution is 5.97. The third-order valence-corrected chi connectivity index (χ3v) is 6.67. The number of ether oxygens (including phenoxy) is 2.